The van der Waals surface area contributed by atoms with E-state index in [-0.39, 0.29) is 18.3 Å². The van der Waals surface area contributed by atoms with Crippen LogP contribution in [0, 0.1) is 0 Å². The van der Waals surface area contributed by atoms with Crippen molar-refractivity contribution in [3.8, 4) is 0 Å². The summed E-state index contributed by atoms with van der Waals surface area (Å²) in [4.78, 5) is 16.1. The third-order valence-electron chi connectivity index (χ3n) is 4.05. The van der Waals surface area contributed by atoms with Crippen molar-refractivity contribution in [1.29, 1.82) is 0 Å². The van der Waals surface area contributed by atoms with Crippen molar-refractivity contribution in [3.05, 3.63) is 29.8 Å². The zero-order valence-corrected chi connectivity index (χ0v) is 13.5. The first kappa shape index (κ1) is 15.7. The zero-order valence-electron chi connectivity index (χ0n) is 11.8. The first-order chi connectivity index (χ1) is 9.16. The molecule has 1 aromatic carbocycles. The molecule has 0 spiro atoms. The Morgan fingerprint density at radius 2 is 2.10 bits per heavy atom. The van der Waals surface area contributed by atoms with Gasteiger partial charge >= 0.3 is 0 Å². The van der Waals surface area contributed by atoms with E-state index in [4.69, 9.17) is 0 Å². The summed E-state index contributed by atoms with van der Waals surface area (Å²) in [6.45, 7) is 5.99. The summed E-state index contributed by atoms with van der Waals surface area (Å²) >= 11 is 1.81. The van der Waals surface area contributed by atoms with Crippen molar-refractivity contribution in [2.24, 2.45) is 0 Å². The monoisotopic (exact) mass is 312 g/mol. The van der Waals surface area contributed by atoms with E-state index in [9.17, 15) is 4.79 Å². The fraction of sp³-hybridized carbons (Fsp3) is 0.533. The van der Waals surface area contributed by atoms with Crippen molar-refractivity contribution < 1.29 is 4.79 Å². The van der Waals surface area contributed by atoms with Crippen LogP contribution in [0.3, 0.4) is 0 Å². The van der Waals surface area contributed by atoms with Gasteiger partial charge in [-0.15, -0.1) is 24.2 Å². The number of piperazine rings is 1. The molecule has 1 aromatic rings. The number of benzene rings is 1. The van der Waals surface area contributed by atoms with Crippen LogP contribution < -0.4 is 5.32 Å². The molecule has 2 aliphatic rings. The summed E-state index contributed by atoms with van der Waals surface area (Å²) in [6.07, 6.45) is 0. The van der Waals surface area contributed by atoms with E-state index in [1.165, 1.54) is 10.5 Å². The lowest BCUT2D eigenvalue weighted by Gasteiger charge is -2.39. The Morgan fingerprint density at radius 3 is 2.90 bits per heavy atom. The van der Waals surface area contributed by atoms with Crippen LogP contribution in [0.2, 0.25) is 0 Å². The van der Waals surface area contributed by atoms with E-state index in [0.717, 1.165) is 18.8 Å². The summed E-state index contributed by atoms with van der Waals surface area (Å²) in [5.41, 5.74) is 1.22. The molecule has 1 N–H and O–H groups in total. The second-order valence-electron chi connectivity index (χ2n) is 5.55. The molecule has 1 saturated heterocycles. The molecule has 0 aromatic heterocycles. The molecule has 3 unspecified atom stereocenters. The highest BCUT2D eigenvalue weighted by molar-refractivity contribution is 7.99. The van der Waals surface area contributed by atoms with Crippen LogP contribution >= 0.6 is 24.2 Å². The second-order valence-corrected chi connectivity index (χ2v) is 6.61. The van der Waals surface area contributed by atoms with Crippen LogP contribution in [0.15, 0.2) is 29.2 Å². The number of nitrogens with one attached hydrogen (secondary N) is 1. The minimum atomic E-state index is 0. The number of carbonyl (C=O) groups excluding carboxylic acids is 1. The maximum atomic E-state index is 12.8. The van der Waals surface area contributed by atoms with E-state index >= 15 is 0 Å². The third kappa shape index (κ3) is 2.83. The van der Waals surface area contributed by atoms with Gasteiger partial charge in [0.2, 0.25) is 5.91 Å². The van der Waals surface area contributed by atoms with Gasteiger partial charge < -0.3 is 10.2 Å². The number of hydrogen-bond acceptors (Lipinski definition) is 3. The summed E-state index contributed by atoms with van der Waals surface area (Å²) in [5.74, 6) is 1.25. The zero-order chi connectivity index (χ0) is 13.4. The average Bonchev–Trinajstić information content (AvgIpc) is 2.84. The number of amides is 1. The second kappa shape index (κ2) is 6.37. The number of nitrogens with zero attached hydrogens (tertiary/aromatic N) is 1. The van der Waals surface area contributed by atoms with E-state index in [1.807, 2.05) is 23.9 Å². The highest BCUT2D eigenvalue weighted by atomic mass is 35.5. The van der Waals surface area contributed by atoms with Gasteiger partial charge in [0.05, 0.1) is 5.92 Å². The van der Waals surface area contributed by atoms with E-state index in [2.05, 4.69) is 36.2 Å². The van der Waals surface area contributed by atoms with Crippen molar-refractivity contribution in [3.63, 3.8) is 0 Å². The highest BCUT2D eigenvalue weighted by Crippen LogP contribution is 2.40. The molecule has 2 heterocycles. The molecule has 3 nitrogen and oxygen atoms in total. The Kier molecular flexibility index (Phi) is 4.99. The summed E-state index contributed by atoms with van der Waals surface area (Å²) in [6, 6.07) is 9.00. The number of fused-ring (bicyclic) bond motifs is 1. The lowest BCUT2D eigenvalue weighted by Crippen LogP contribution is -2.57. The molecule has 0 saturated carbocycles. The molecule has 3 rings (SSSR count). The minimum absolute atomic E-state index is 0. The Morgan fingerprint density at radius 1 is 1.35 bits per heavy atom. The number of rotatable bonds is 1. The fourth-order valence-electron chi connectivity index (χ4n) is 2.90. The lowest BCUT2D eigenvalue weighted by molar-refractivity contribution is -0.135. The smallest absolute Gasteiger partial charge is 0.231 e. The first-order valence-corrected chi connectivity index (χ1v) is 7.91. The summed E-state index contributed by atoms with van der Waals surface area (Å²) in [7, 11) is 0. The molecular weight excluding hydrogens is 292 g/mol. The standard InChI is InChI=1S/C15H20N2OS.ClH/c1-10-8-17(11(2)7-16-10)15(18)13-9-19-14-6-4-3-5-12(13)14;/h3-6,10-11,13,16H,7-9H2,1-2H3;1H. The topological polar surface area (TPSA) is 32.3 Å². The number of hydrogen-bond donors (Lipinski definition) is 1. The van der Waals surface area contributed by atoms with Crippen LogP contribution in [0.5, 0.6) is 0 Å². The first-order valence-electron chi connectivity index (χ1n) is 6.92. The summed E-state index contributed by atoms with van der Waals surface area (Å²) < 4.78 is 0. The third-order valence-corrected chi connectivity index (χ3v) is 5.23. The van der Waals surface area contributed by atoms with Gasteiger partial charge in [0.15, 0.2) is 0 Å². The van der Waals surface area contributed by atoms with Gasteiger partial charge in [-0.25, -0.2) is 0 Å². The maximum Gasteiger partial charge on any atom is 0.231 e. The van der Waals surface area contributed by atoms with Crippen LogP contribution in [-0.2, 0) is 4.79 Å². The Hall–Kier alpha value is -0.710. The molecule has 0 bridgehead atoms. The maximum absolute atomic E-state index is 12.8. The highest BCUT2D eigenvalue weighted by Gasteiger charge is 2.35. The largest absolute Gasteiger partial charge is 0.337 e. The van der Waals surface area contributed by atoms with Crippen molar-refractivity contribution >= 4 is 30.1 Å². The van der Waals surface area contributed by atoms with Crippen LogP contribution in [0.1, 0.15) is 25.3 Å². The summed E-state index contributed by atoms with van der Waals surface area (Å²) in [5, 5.41) is 3.43. The molecular formula is C15H21ClN2OS. The van der Waals surface area contributed by atoms with Crippen LogP contribution in [-0.4, -0.2) is 41.7 Å². The minimum Gasteiger partial charge on any atom is -0.337 e. The van der Waals surface area contributed by atoms with E-state index < -0.39 is 0 Å². The molecule has 3 atom stereocenters. The van der Waals surface area contributed by atoms with Gasteiger partial charge in [0, 0.05) is 35.8 Å². The van der Waals surface area contributed by atoms with E-state index in [1.54, 1.807) is 0 Å². The number of carbonyl (C=O) groups is 1. The van der Waals surface area contributed by atoms with E-state index in [0.29, 0.717) is 18.0 Å². The van der Waals surface area contributed by atoms with Gasteiger partial charge in [-0.1, -0.05) is 18.2 Å². The SMILES string of the molecule is CC1CN(C(=O)C2CSc3ccccc32)C(C)CN1.Cl. The number of thioether (sulfide) groups is 1. The Labute approximate surface area is 130 Å². The fourth-order valence-corrected chi connectivity index (χ4v) is 4.12. The molecule has 1 amide bonds. The molecule has 110 valence electrons. The molecule has 20 heavy (non-hydrogen) atoms. The van der Waals surface area contributed by atoms with Crippen LogP contribution in [0.4, 0.5) is 0 Å². The van der Waals surface area contributed by atoms with Crippen molar-refractivity contribution in [2.45, 2.75) is 36.7 Å². The molecule has 5 heteroatoms. The number of halogens is 1. The molecule has 2 aliphatic heterocycles. The quantitative estimate of drug-likeness (QED) is 0.865. The Bertz CT molecular complexity index is 497. The van der Waals surface area contributed by atoms with Gasteiger partial charge in [-0.3, -0.25) is 4.79 Å². The average molecular weight is 313 g/mol. The van der Waals surface area contributed by atoms with Crippen molar-refractivity contribution in [2.75, 3.05) is 18.8 Å². The van der Waals surface area contributed by atoms with Gasteiger partial charge in [0.1, 0.15) is 0 Å². The molecule has 0 radical (unpaired) electrons. The molecule has 0 aliphatic carbocycles. The Balaban J connectivity index is 0.00000147. The molecule has 1 fully saturated rings. The predicted octanol–water partition coefficient (Wildman–Crippen LogP) is 2.51. The van der Waals surface area contributed by atoms with Crippen LogP contribution in [0.25, 0.3) is 0 Å². The van der Waals surface area contributed by atoms with Crippen molar-refractivity contribution in [1.82, 2.24) is 10.2 Å². The normalized spacial score (nSPS) is 28.7. The van der Waals surface area contributed by atoms with Gasteiger partial charge in [0.25, 0.3) is 0 Å². The van der Waals surface area contributed by atoms with Gasteiger partial charge in [-0.05, 0) is 25.5 Å². The predicted molar refractivity (Wildman–Crippen MR) is 85.8 cm³/mol. The van der Waals surface area contributed by atoms with Gasteiger partial charge in [-0.2, -0.15) is 0 Å². The lowest BCUT2D eigenvalue weighted by atomic mass is 9.98.